The van der Waals surface area contributed by atoms with Gasteiger partial charge in [-0.25, -0.2) is 0 Å². The first-order chi connectivity index (χ1) is 9.79. The molecule has 0 aliphatic carbocycles. The van der Waals surface area contributed by atoms with Crippen molar-refractivity contribution in [1.29, 1.82) is 0 Å². The maximum absolute atomic E-state index is 5.08. The second-order valence-electron chi connectivity index (χ2n) is 4.71. The van der Waals surface area contributed by atoms with E-state index < -0.39 is 0 Å². The van der Waals surface area contributed by atoms with Crippen LogP contribution in [0.3, 0.4) is 0 Å². The third kappa shape index (κ3) is 5.02. The zero-order valence-electron chi connectivity index (χ0n) is 11.6. The molecule has 0 radical (unpaired) electrons. The van der Waals surface area contributed by atoms with Crippen molar-refractivity contribution in [3.8, 4) is 0 Å². The van der Waals surface area contributed by atoms with Gasteiger partial charge < -0.3 is 10.1 Å². The van der Waals surface area contributed by atoms with Gasteiger partial charge in [0.05, 0.1) is 10.4 Å². The summed E-state index contributed by atoms with van der Waals surface area (Å²) in [6.45, 7) is 2.63. The first kappa shape index (κ1) is 15.7. The first-order valence-electron chi connectivity index (χ1n) is 6.78. The molecule has 2 aromatic rings. The number of halogens is 1. The van der Waals surface area contributed by atoms with Crippen molar-refractivity contribution in [2.75, 3.05) is 26.8 Å². The van der Waals surface area contributed by atoms with Gasteiger partial charge in [-0.2, -0.15) is 0 Å². The van der Waals surface area contributed by atoms with E-state index in [4.69, 9.17) is 4.74 Å². The maximum Gasteiger partial charge on any atom is 0.0701 e. The largest absolute Gasteiger partial charge is 0.383 e. The summed E-state index contributed by atoms with van der Waals surface area (Å²) in [7, 11) is 1.74. The Morgan fingerprint density at radius 1 is 1.20 bits per heavy atom. The summed E-state index contributed by atoms with van der Waals surface area (Å²) in [4.78, 5) is 1.42. The lowest BCUT2D eigenvalue weighted by Gasteiger charge is -2.17. The Morgan fingerprint density at radius 2 is 2.00 bits per heavy atom. The number of hydrogen-bond donors (Lipinski definition) is 1. The van der Waals surface area contributed by atoms with Crippen LogP contribution in [0.15, 0.2) is 46.3 Å². The third-order valence-corrected chi connectivity index (χ3v) is 4.87. The van der Waals surface area contributed by atoms with Crippen molar-refractivity contribution in [2.24, 2.45) is 0 Å². The fourth-order valence-electron chi connectivity index (χ4n) is 2.19. The molecule has 4 heteroatoms. The zero-order valence-corrected chi connectivity index (χ0v) is 14.0. The highest BCUT2D eigenvalue weighted by Crippen LogP contribution is 2.27. The van der Waals surface area contributed by atoms with Crippen LogP contribution in [-0.4, -0.2) is 26.8 Å². The lowest BCUT2D eigenvalue weighted by Crippen LogP contribution is -2.26. The molecular weight excluding hydrogens is 334 g/mol. The molecule has 0 aliphatic heterocycles. The van der Waals surface area contributed by atoms with Crippen LogP contribution in [0.4, 0.5) is 0 Å². The standard InChI is InChI=1S/C16H20BrNOS/c1-19-10-9-18-12-14(13-5-3-2-4-6-13)11-15-7-8-16(17)20-15/h2-8,14,18H,9-12H2,1H3. The number of thiophene rings is 1. The van der Waals surface area contributed by atoms with Crippen molar-refractivity contribution in [1.82, 2.24) is 5.32 Å². The van der Waals surface area contributed by atoms with Gasteiger partial charge in [0.15, 0.2) is 0 Å². The lowest BCUT2D eigenvalue weighted by molar-refractivity contribution is 0.199. The molecule has 1 atom stereocenters. The molecule has 108 valence electrons. The summed E-state index contributed by atoms with van der Waals surface area (Å²) in [5, 5.41) is 3.48. The summed E-state index contributed by atoms with van der Waals surface area (Å²) >= 11 is 5.36. The minimum Gasteiger partial charge on any atom is -0.383 e. The number of nitrogens with one attached hydrogen (secondary N) is 1. The van der Waals surface area contributed by atoms with E-state index in [1.54, 1.807) is 7.11 Å². The summed E-state index contributed by atoms with van der Waals surface area (Å²) in [6.07, 6.45) is 1.07. The second-order valence-corrected chi connectivity index (χ2v) is 7.26. The summed E-state index contributed by atoms with van der Waals surface area (Å²) in [5.74, 6) is 0.499. The van der Waals surface area contributed by atoms with E-state index in [1.807, 2.05) is 11.3 Å². The van der Waals surface area contributed by atoms with Gasteiger partial charge in [0.2, 0.25) is 0 Å². The quantitative estimate of drug-likeness (QED) is 0.722. The van der Waals surface area contributed by atoms with Crippen LogP contribution in [0.5, 0.6) is 0 Å². The normalized spacial score (nSPS) is 12.5. The minimum absolute atomic E-state index is 0.499. The van der Waals surface area contributed by atoms with Crippen LogP contribution < -0.4 is 5.32 Å². The van der Waals surface area contributed by atoms with Gasteiger partial charge in [-0.1, -0.05) is 30.3 Å². The Balaban J connectivity index is 2.00. The molecule has 0 saturated carbocycles. The minimum atomic E-state index is 0.499. The Labute approximate surface area is 133 Å². The molecular formula is C16H20BrNOS. The molecule has 1 N–H and O–H groups in total. The number of benzene rings is 1. The van der Waals surface area contributed by atoms with Gasteiger partial charge in [-0.3, -0.25) is 0 Å². The van der Waals surface area contributed by atoms with E-state index in [0.717, 1.165) is 26.1 Å². The van der Waals surface area contributed by atoms with E-state index in [2.05, 4.69) is 63.7 Å². The second kappa shape index (κ2) is 8.57. The van der Waals surface area contributed by atoms with Crippen molar-refractivity contribution in [3.63, 3.8) is 0 Å². The van der Waals surface area contributed by atoms with E-state index in [0.29, 0.717) is 5.92 Å². The molecule has 0 amide bonds. The maximum atomic E-state index is 5.08. The van der Waals surface area contributed by atoms with Crippen LogP contribution in [0.2, 0.25) is 0 Å². The average molecular weight is 354 g/mol. The molecule has 2 rings (SSSR count). The molecule has 2 nitrogen and oxygen atoms in total. The van der Waals surface area contributed by atoms with Gasteiger partial charge in [-0.05, 0) is 40.0 Å². The smallest absolute Gasteiger partial charge is 0.0701 e. The van der Waals surface area contributed by atoms with E-state index >= 15 is 0 Å². The Kier molecular flexibility index (Phi) is 6.73. The average Bonchev–Trinajstić information content (AvgIpc) is 2.88. The summed E-state index contributed by atoms with van der Waals surface area (Å²) in [6, 6.07) is 15.1. The third-order valence-electron chi connectivity index (χ3n) is 3.22. The molecule has 0 saturated heterocycles. The molecule has 1 unspecified atom stereocenters. The Hall–Kier alpha value is -0.680. The fourth-order valence-corrected chi connectivity index (χ4v) is 3.75. The highest BCUT2D eigenvalue weighted by Gasteiger charge is 2.13. The molecule has 20 heavy (non-hydrogen) atoms. The van der Waals surface area contributed by atoms with Gasteiger partial charge in [0, 0.05) is 31.0 Å². The Morgan fingerprint density at radius 3 is 2.65 bits per heavy atom. The predicted molar refractivity (Wildman–Crippen MR) is 89.7 cm³/mol. The van der Waals surface area contributed by atoms with Gasteiger partial charge in [0.1, 0.15) is 0 Å². The van der Waals surface area contributed by atoms with E-state index in [-0.39, 0.29) is 0 Å². The molecule has 0 bridgehead atoms. The predicted octanol–water partition coefficient (Wildman–Crippen LogP) is 4.07. The van der Waals surface area contributed by atoms with Gasteiger partial charge in [-0.15, -0.1) is 11.3 Å². The highest BCUT2D eigenvalue weighted by molar-refractivity contribution is 9.11. The van der Waals surface area contributed by atoms with Crippen LogP contribution in [0, 0.1) is 0 Å². The van der Waals surface area contributed by atoms with Crippen molar-refractivity contribution >= 4 is 27.3 Å². The van der Waals surface area contributed by atoms with Crippen LogP contribution in [-0.2, 0) is 11.2 Å². The van der Waals surface area contributed by atoms with Crippen LogP contribution >= 0.6 is 27.3 Å². The molecule has 0 aliphatic rings. The summed E-state index contributed by atoms with van der Waals surface area (Å²) in [5.41, 5.74) is 1.39. The molecule has 0 spiro atoms. The monoisotopic (exact) mass is 353 g/mol. The summed E-state index contributed by atoms with van der Waals surface area (Å²) < 4.78 is 6.28. The first-order valence-corrected chi connectivity index (χ1v) is 8.39. The number of hydrogen-bond acceptors (Lipinski definition) is 3. The van der Waals surface area contributed by atoms with Crippen molar-refractivity contribution in [3.05, 3.63) is 56.7 Å². The topological polar surface area (TPSA) is 21.3 Å². The highest BCUT2D eigenvalue weighted by atomic mass is 79.9. The number of ether oxygens (including phenoxy) is 1. The van der Waals surface area contributed by atoms with Crippen molar-refractivity contribution in [2.45, 2.75) is 12.3 Å². The molecule has 1 aromatic carbocycles. The molecule has 1 aromatic heterocycles. The number of methoxy groups -OCH3 is 1. The van der Waals surface area contributed by atoms with Crippen LogP contribution in [0.25, 0.3) is 0 Å². The van der Waals surface area contributed by atoms with Crippen LogP contribution in [0.1, 0.15) is 16.4 Å². The number of rotatable bonds is 8. The van der Waals surface area contributed by atoms with Crippen molar-refractivity contribution < 1.29 is 4.74 Å². The molecule has 0 fully saturated rings. The van der Waals surface area contributed by atoms with E-state index in [9.17, 15) is 0 Å². The van der Waals surface area contributed by atoms with Gasteiger partial charge in [0.25, 0.3) is 0 Å². The molecule has 1 heterocycles. The van der Waals surface area contributed by atoms with E-state index in [1.165, 1.54) is 14.2 Å². The lowest BCUT2D eigenvalue weighted by atomic mass is 9.95. The SMILES string of the molecule is COCCNCC(Cc1ccc(Br)s1)c1ccccc1. The Bertz CT molecular complexity index is 500. The van der Waals surface area contributed by atoms with Gasteiger partial charge >= 0.3 is 0 Å². The fraction of sp³-hybridized carbons (Fsp3) is 0.375. The zero-order chi connectivity index (χ0) is 14.2.